The standard InChI is InChI=1S/C23H24BrFN2O4/c1-31-21(28)13-20(16-4-2-6-18(24)12-16)26-22(29)17-5-3-11-27(14-17)23(30)15-7-9-19(25)10-8-15/h2,4,6-10,12,17,20H,3,5,11,13-14H2,1H3,(H,26,29). The van der Waals surface area contributed by atoms with Crippen LogP contribution < -0.4 is 5.32 Å². The zero-order valence-corrected chi connectivity index (χ0v) is 18.7. The van der Waals surface area contributed by atoms with Crippen LogP contribution in [-0.2, 0) is 14.3 Å². The van der Waals surface area contributed by atoms with Gasteiger partial charge in [-0.25, -0.2) is 4.39 Å². The summed E-state index contributed by atoms with van der Waals surface area (Å²) in [4.78, 5) is 39.3. The molecule has 1 fully saturated rings. The van der Waals surface area contributed by atoms with Crippen molar-refractivity contribution in [2.45, 2.75) is 25.3 Å². The molecule has 0 aromatic heterocycles. The van der Waals surface area contributed by atoms with Crippen LogP contribution in [0.4, 0.5) is 4.39 Å². The number of hydrogen-bond acceptors (Lipinski definition) is 4. The SMILES string of the molecule is COC(=O)CC(NC(=O)C1CCCN(C(=O)c2ccc(F)cc2)C1)c1cccc(Br)c1. The smallest absolute Gasteiger partial charge is 0.307 e. The zero-order valence-electron chi connectivity index (χ0n) is 17.1. The highest BCUT2D eigenvalue weighted by molar-refractivity contribution is 9.10. The third kappa shape index (κ3) is 6.13. The molecule has 1 heterocycles. The van der Waals surface area contributed by atoms with Crippen LogP contribution in [0.15, 0.2) is 53.0 Å². The topological polar surface area (TPSA) is 75.7 Å². The number of carbonyl (C=O) groups excluding carboxylic acids is 3. The lowest BCUT2D eigenvalue weighted by Crippen LogP contribution is -2.46. The van der Waals surface area contributed by atoms with E-state index in [0.29, 0.717) is 24.9 Å². The summed E-state index contributed by atoms with van der Waals surface area (Å²) in [5.74, 6) is -1.68. The van der Waals surface area contributed by atoms with Crippen molar-refractivity contribution in [3.05, 3.63) is 69.9 Å². The molecular weight excluding hydrogens is 467 g/mol. The van der Waals surface area contributed by atoms with E-state index in [1.165, 1.54) is 31.4 Å². The molecule has 6 nitrogen and oxygen atoms in total. The molecule has 0 bridgehead atoms. The minimum Gasteiger partial charge on any atom is -0.469 e. The Morgan fingerprint density at radius 3 is 2.65 bits per heavy atom. The van der Waals surface area contributed by atoms with Crippen LogP contribution in [0.25, 0.3) is 0 Å². The zero-order chi connectivity index (χ0) is 22.4. The number of rotatable bonds is 6. The molecule has 0 saturated carbocycles. The predicted molar refractivity (Wildman–Crippen MR) is 117 cm³/mol. The molecule has 2 amide bonds. The maximum atomic E-state index is 13.1. The third-order valence-electron chi connectivity index (χ3n) is 5.34. The van der Waals surface area contributed by atoms with Gasteiger partial charge in [0.1, 0.15) is 5.82 Å². The predicted octanol–water partition coefficient (Wildman–Crippen LogP) is 3.86. The highest BCUT2D eigenvalue weighted by Crippen LogP contribution is 2.24. The van der Waals surface area contributed by atoms with Gasteiger partial charge in [-0.1, -0.05) is 28.1 Å². The number of benzene rings is 2. The molecule has 164 valence electrons. The minimum absolute atomic E-state index is 0.00361. The second-order valence-corrected chi connectivity index (χ2v) is 8.41. The fourth-order valence-electron chi connectivity index (χ4n) is 3.67. The molecule has 8 heteroatoms. The van der Waals surface area contributed by atoms with Crippen molar-refractivity contribution in [2.75, 3.05) is 20.2 Å². The van der Waals surface area contributed by atoms with Crippen molar-refractivity contribution in [3.8, 4) is 0 Å². The van der Waals surface area contributed by atoms with Crippen LogP contribution >= 0.6 is 15.9 Å². The van der Waals surface area contributed by atoms with Gasteiger partial charge in [0.2, 0.25) is 5.91 Å². The van der Waals surface area contributed by atoms with Gasteiger partial charge in [0.05, 0.1) is 25.5 Å². The number of carbonyl (C=O) groups is 3. The van der Waals surface area contributed by atoms with Gasteiger partial charge in [0, 0.05) is 23.1 Å². The maximum Gasteiger partial charge on any atom is 0.307 e. The third-order valence-corrected chi connectivity index (χ3v) is 5.83. The van der Waals surface area contributed by atoms with E-state index >= 15 is 0 Å². The van der Waals surface area contributed by atoms with Gasteiger partial charge in [-0.2, -0.15) is 0 Å². The van der Waals surface area contributed by atoms with E-state index in [4.69, 9.17) is 4.74 Å². The van der Waals surface area contributed by atoms with E-state index in [1.54, 1.807) is 4.90 Å². The first-order chi connectivity index (χ1) is 14.9. The lowest BCUT2D eigenvalue weighted by Gasteiger charge is -2.33. The summed E-state index contributed by atoms with van der Waals surface area (Å²) in [6.45, 7) is 0.808. The molecule has 2 unspecified atom stereocenters. The normalized spacial score (nSPS) is 17.0. The molecule has 1 saturated heterocycles. The lowest BCUT2D eigenvalue weighted by atomic mass is 9.95. The molecule has 3 rings (SSSR count). The number of piperidine rings is 1. The van der Waals surface area contributed by atoms with Gasteiger partial charge in [-0.3, -0.25) is 14.4 Å². The Bertz CT molecular complexity index is 951. The first-order valence-electron chi connectivity index (χ1n) is 10.0. The van der Waals surface area contributed by atoms with Crippen LogP contribution in [-0.4, -0.2) is 42.9 Å². The van der Waals surface area contributed by atoms with Gasteiger partial charge < -0.3 is 15.0 Å². The molecule has 0 radical (unpaired) electrons. The van der Waals surface area contributed by atoms with Gasteiger partial charge in [0.15, 0.2) is 0 Å². The van der Waals surface area contributed by atoms with Gasteiger partial charge in [0.25, 0.3) is 5.91 Å². The van der Waals surface area contributed by atoms with Crippen molar-refractivity contribution in [1.82, 2.24) is 10.2 Å². The van der Waals surface area contributed by atoms with Crippen LogP contribution in [0.5, 0.6) is 0 Å². The number of nitrogens with one attached hydrogen (secondary N) is 1. The van der Waals surface area contributed by atoms with E-state index < -0.39 is 23.7 Å². The van der Waals surface area contributed by atoms with Crippen molar-refractivity contribution in [1.29, 1.82) is 0 Å². The van der Waals surface area contributed by atoms with E-state index in [2.05, 4.69) is 21.2 Å². The molecule has 1 aliphatic rings. The van der Waals surface area contributed by atoms with Gasteiger partial charge >= 0.3 is 5.97 Å². The second-order valence-electron chi connectivity index (χ2n) is 7.49. The molecule has 31 heavy (non-hydrogen) atoms. The number of halogens is 2. The molecule has 2 aromatic rings. The fourth-order valence-corrected chi connectivity index (χ4v) is 4.08. The number of esters is 1. The summed E-state index contributed by atoms with van der Waals surface area (Å²) in [5.41, 5.74) is 1.17. The molecule has 0 aliphatic carbocycles. The van der Waals surface area contributed by atoms with Crippen LogP contribution in [0.3, 0.4) is 0 Å². The monoisotopic (exact) mass is 490 g/mol. The van der Waals surface area contributed by atoms with Crippen LogP contribution in [0, 0.1) is 11.7 Å². The lowest BCUT2D eigenvalue weighted by molar-refractivity contribution is -0.141. The Balaban J connectivity index is 1.70. The van der Waals surface area contributed by atoms with Crippen molar-refractivity contribution in [3.63, 3.8) is 0 Å². The van der Waals surface area contributed by atoms with Gasteiger partial charge in [-0.15, -0.1) is 0 Å². The molecule has 2 atom stereocenters. The molecule has 1 aliphatic heterocycles. The Morgan fingerprint density at radius 2 is 1.97 bits per heavy atom. The molecule has 2 aromatic carbocycles. The minimum atomic E-state index is -0.541. The molecular formula is C23H24BrFN2O4. The number of ether oxygens (including phenoxy) is 1. The van der Waals surface area contributed by atoms with Crippen LogP contribution in [0.1, 0.15) is 41.2 Å². The number of amides is 2. The Labute approximate surface area is 188 Å². The Morgan fingerprint density at radius 1 is 1.23 bits per heavy atom. The van der Waals surface area contributed by atoms with Crippen molar-refractivity contribution in [2.24, 2.45) is 5.92 Å². The maximum absolute atomic E-state index is 13.1. The molecule has 1 N–H and O–H groups in total. The first kappa shape index (κ1) is 22.9. The second kappa shape index (κ2) is 10.5. The number of nitrogens with zero attached hydrogens (tertiary/aromatic N) is 1. The van der Waals surface area contributed by atoms with Crippen molar-refractivity contribution < 1.29 is 23.5 Å². The Hall–Kier alpha value is -2.74. The quantitative estimate of drug-likeness (QED) is 0.623. The Kier molecular flexibility index (Phi) is 7.79. The first-order valence-corrected chi connectivity index (χ1v) is 10.8. The fraction of sp³-hybridized carbons (Fsp3) is 0.348. The summed E-state index contributed by atoms with van der Waals surface area (Å²) < 4.78 is 18.8. The highest BCUT2D eigenvalue weighted by atomic mass is 79.9. The van der Waals surface area contributed by atoms with Crippen molar-refractivity contribution >= 4 is 33.7 Å². The summed E-state index contributed by atoms with van der Waals surface area (Å²) >= 11 is 3.41. The molecule has 0 spiro atoms. The van der Waals surface area contributed by atoms with Crippen LogP contribution in [0.2, 0.25) is 0 Å². The van der Waals surface area contributed by atoms with E-state index in [9.17, 15) is 18.8 Å². The van der Waals surface area contributed by atoms with E-state index in [-0.39, 0.29) is 24.8 Å². The van der Waals surface area contributed by atoms with E-state index in [1.807, 2.05) is 24.3 Å². The summed E-state index contributed by atoms with van der Waals surface area (Å²) in [7, 11) is 1.31. The van der Waals surface area contributed by atoms with Gasteiger partial charge in [-0.05, 0) is 54.8 Å². The number of likely N-dealkylation sites (tertiary alicyclic amines) is 1. The average Bonchev–Trinajstić information content (AvgIpc) is 2.78. The largest absolute Gasteiger partial charge is 0.469 e. The van der Waals surface area contributed by atoms with E-state index in [0.717, 1.165) is 10.0 Å². The average molecular weight is 491 g/mol. The number of methoxy groups -OCH3 is 1. The summed E-state index contributed by atoms with van der Waals surface area (Å²) in [6, 6.07) is 12.2. The highest BCUT2D eigenvalue weighted by Gasteiger charge is 2.31. The summed E-state index contributed by atoms with van der Waals surface area (Å²) in [5, 5.41) is 2.95. The number of hydrogen-bond donors (Lipinski definition) is 1. The summed E-state index contributed by atoms with van der Waals surface area (Å²) in [6.07, 6.45) is 1.33.